The average Bonchev–Trinajstić information content (AvgIpc) is 2.77. The van der Waals surface area contributed by atoms with Crippen molar-refractivity contribution in [1.82, 2.24) is 0 Å². The van der Waals surface area contributed by atoms with E-state index >= 15 is 0 Å². The predicted molar refractivity (Wildman–Crippen MR) is 67.8 cm³/mol. The molecule has 2 aliphatic carbocycles. The van der Waals surface area contributed by atoms with E-state index in [9.17, 15) is 9.90 Å². The molecule has 3 heteroatoms. The van der Waals surface area contributed by atoms with Crippen molar-refractivity contribution in [2.45, 2.75) is 46.1 Å². The molecule has 0 unspecified atom stereocenters. The lowest BCUT2D eigenvalue weighted by Crippen LogP contribution is -2.23. The van der Waals surface area contributed by atoms with Crippen LogP contribution in [-0.2, 0) is 9.53 Å². The second kappa shape index (κ2) is 3.70. The summed E-state index contributed by atoms with van der Waals surface area (Å²) in [6.45, 7) is 6.88. The van der Waals surface area contributed by atoms with E-state index in [0.717, 1.165) is 18.4 Å². The molecule has 1 N–H and O–H groups in total. The second-order valence-corrected chi connectivity index (χ2v) is 6.66. The van der Waals surface area contributed by atoms with E-state index in [4.69, 9.17) is 4.74 Å². The van der Waals surface area contributed by atoms with Gasteiger partial charge in [-0.2, -0.15) is 0 Å². The van der Waals surface area contributed by atoms with Gasteiger partial charge in [0.15, 0.2) is 0 Å². The van der Waals surface area contributed by atoms with E-state index in [1.807, 2.05) is 0 Å². The summed E-state index contributed by atoms with van der Waals surface area (Å²) in [5, 5.41) is 10.6. The summed E-state index contributed by atoms with van der Waals surface area (Å²) < 4.78 is 5.08. The van der Waals surface area contributed by atoms with Gasteiger partial charge in [0.1, 0.15) is 6.61 Å². The monoisotopic (exact) mass is 248 g/mol. The number of esters is 1. The minimum Gasteiger partial charge on any atom is -0.458 e. The van der Waals surface area contributed by atoms with Crippen molar-refractivity contribution in [2.24, 2.45) is 11.3 Å². The summed E-state index contributed by atoms with van der Waals surface area (Å²) in [7, 11) is 0. The first-order valence-electron chi connectivity index (χ1n) is 6.65. The minimum atomic E-state index is -0.527. The molecule has 3 nitrogen and oxygen atoms in total. The topological polar surface area (TPSA) is 46.5 Å². The van der Waals surface area contributed by atoms with Gasteiger partial charge in [0, 0.05) is 23.5 Å². The quantitative estimate of drug-likeness (QED) is 0.529. The summed E-state index contributed by atoms with van der Waals surface area (Å²) in [5.41, 5.74) is 4.42. The van der Waals surface area contributed by atoms with E-state index < -0.39 is 6.10 Å². The van der Waals surface area contributed by atoms with Crippen LogP contribution in [0.4, 0.5) is 0 Å². The van der Waals surface area contributed by atoms with Crippen LogP contribution < -0.4 is 0 Å². The van der Waals surface area contributed by atoms with Gasteiger partial charge in [0.25, 0.3) is 0 Å². The van der Waals surface area contributed by atoms with Gasteiger partial charge in [-0.15, -0.1) is 0 Å². The van der Waals surface area contributed by atoms with Gasteiger partial charge in [0.05, 0.1) is 6.10 Å². The zero-order chi connectivity index (χ0) is 13.1. The SMILES string of the molecule is CC1=C2CC(C)(C)C[C@H]2[C@H](O)C2=C(C1)C(=O)OC2. The number of cyclic esters (lactones) is 1. The van der Waals surface area contributed by atoms with E-state index in [2.05, 4.69) is 20.8 Å². The lowest BCUT2D eigenvalue weighted by molar-refractivity contribution is -0.136. The van der Waals surface area contributed by atoms with Crippen LogP contribution in [0.1, 0.15) is 40.0 Å². The number of hydrogen-bond acceptors (Lipinski definition) is 3. The summed E-state index contributed by atoms with van der Waals surface area (Å²) in [4.78, 5) is 11.7. The molecule has 0 aromatic heterocycles. The summed E-state index contributed by atoms with van der Waals surface area (Å²) in [6, 6.07) is 0. The Kier molecular flexibility index (Phi) is 2.46. The molecule has 0 bridgehead atoms. The summed E-state index contributed by atoms with van der Waals surface area (Å²) >= 11 is 0. The number of hydrogen-bond donors (Lipinski definition) is 1. The van der Waals surface area contributed by atoms with Gasteiger partial charge >= 0.3 is 5.97 Å². The minimum absolute atomic E-state index is 0.182. The number of carbonyl (C=O) groups excluding carboxylic acids is 1. The van der Waals surface area contributed by atoms with Crippen LogP contribution in [0.2, 0.25) is 0 Å². The summed E-state index contributed by atoms with van der Waals surface area (Å²) in [6.07, 6.45) is 2.16. The maximum absolute atomic E-state index is 11.7. The number of allylic oxidation sites excluding steroid dienone is 1. The first-order chi connectivity index (χ1) is 8.39. The van der Waals surface area contributed by atoms with Crippen molar-refractivity contribution < 1.29 is 14.6 Å². The number of rotatable bonds is 0. The van der Waals surface area contributed by atoms with Crippen molar-refractivity contribution >= 4 is 5.97 Å². The molecule has 1 saturated carbocycles. The lowest BCUT2D eigenvalue weighted by atomic mass is 9.87. The van der Waals surface area contributed by atoms with E-state index in [1.54, 1.807) is 0 Å². The highest BCUT2D eigenvalue weighted by Gasteiger charge is 2.44. The second-order valence-electron chi connectivity index (χ2n) is 6.66. The van der Waals surface area contributed by atoms with E-state index in [-0.39, 0.29) is 23.9 Å². The van der Waals surface area contributed by atoms with Gasteiger partial charge in [-0.3, -0.25) is 0 Å². The van der Waals surface area contributed by atoms with Gasteiger partial charge < -0.3 is 9.84 Å². The number of fused-ring (bicyclic) bond motifs is 1. The zero-order valence-electron chi connectivity index (χ0n) is 11.2. The number of ether oxygens (including phenoxy) is 1. The van der Waals surface area contributed by atoms with E-state index in [0.29, 0.717) is 12.0 Å². The molecule has 3 rings (SSSR count). The molecule has 0 radical (unpaired) electrons. The van der Waals surface area contributed by atoms with Crippen LogP contribution in [0.5, 0.6) is 0 Å². The molecule has 0 aromatic rings. The average molecular weight is 248 g/mol. The molecule has 0 saturated heterocycles. The highest BCUT2D eigenvalue weighted by atomic mass is 16.5. The first-order valence-corrected chi connectivity index (χ1v) is 6.65. The highest BCUT2D eigenvalue weighted by Crippen LogP contribution is 2.51. The van der Waals surface area contributed by atoms with Gasteiger partial charge in [0.2, 0.25) is 0 Å². The third-order valence-corrected chi connectivity index (χ3v) is 4.61. The molecular formula is C15H20O3. The Morgan fingerprint density at radius 2 is 2.06 bits per heavy atom. The third-order valence-electron chi connectivity index (χ3n) is 4.61. The number of aliphatic hydroxyl groups excluding tert-OH is 1. The molecular weight excluding hydrogens is 228 g/mol. The van der Waals surface area contributed by atoms with Gasteiger partial charge in [-0.05, 0) is 25.2 Å². The van der Waals surface area contributed by atoms with Crippen LogP contribution in [0.3, 0.4) is 0 Å². The van der Waals surface area contributed by atoms with Crippen molar-refractivity contribution in [3.05, 3.63) is 22.3 Å². The Labute approximate surface area is 108 Å². The molecule has 0 amide bonds. The first kappa shape index (κ1) is 12.0. The Bertz CT molecular complexity index is 482. The molecule has 1 heterocycles. The largest absolute Gasteiger partial charge is 0.458 e. The number of aliphatic hydroxyl groups is 1. The van der Waals surface area contributed by atoms with Crippen molar-refractivity contribution in [3.8, 4) is 0 Å². The van der Waals surface area contributed by atoms with Crippen LogP contribution in [-0.4, -0.2) is 23.8 Å². The third kappa shape index (κ3) is 1.64. The fraction of sp³-hybridized carbons (Fsp3) is 0.667. The molecule has 98 valence electrons. The van der Waals surface area contributed by atoms with Crippen LogP contribution in [0, 0.1) is 11.3 Å². The fourth-order valence-corrected chi connectivity index (χ4v) is 3.73. The van der Waals surface area contributed by atoms with Crippen LogP contribution >= 0.6 is 0 Å². The smallest absolute Gasteiger partial charge is 0.334 e. The van der Waals surface area contributed by atoms with Crippen molar-refractivity contribution in [3.63, 3.8) is 0 Å². The number of carbonyl (C=O) groups is 1. The van der Waals surface area contributed by atoms with Crippen LogP contribution in [0.25, 0.3) is 0 Å². The maximum atomic E-state index is 11.7. The Hall–Kier alpha value is -1.09. The van der Waals surface area contributed by atoms with Crippen molar-refractivity contribution in [1.29, 1.82) is 0 Å². The zero-order valence-corrected chi connectivity index (χ0v) is 11.2. The van der Waals surface area contributed by atoms with Gasteiger partial charge in [-0.1, -0.05) is 25.0 Å². The van der Waals surface area contributed by atoms with Crippen LogP contribution in [0.15, 0.2) is 22.3 Å². The molecule has 0 spiro atoms. The van der Waals surface area contributed by atoms with Crippen molar-refractivity contribution in [2.75, 3.05) is 6.61 Å². The normalized spacial score (nSPS) is 34.3. The van der Waals surface area contributed by atoms with Gasteiger partial charge in [-0.25, -0.2) is 4.79 Å². The fourth-order valence-electron chi connectivity index (χ4n) is 3.73. The van der Waals surface area contributed by atoms with E-state index in [1.165, 1.54) is 11.1 Å². The summed E-state index contributed by atoms with van der Waals surface area (Å²) in [5.74, 6) is -0.0507. The maximum Gasteiger partial charge on any atom is 0.334 e. The Balaban J connectivity index is 2.05. The molecule has 1 aliphatic heterocycles. The predicted octanol–water partition coefficient (Wildman–Crippen LogP) is 2.36. The molecule has 3 aliphatic rings. The molecule has 2 atom stereocenters. The molecule has 18 heavy (non-hydrogen) atoms. The Morgan fingerprint density at radius 3 is 2.78 bits per heavy atom. The Morgan fingerprint density at radius 1 is 1.33 bits per heavy atom. The molecule has 1 fully saturated rings. The molecule has 0 aromatic carbocycles. The standard InChI is InChI=1S/C15H20O3/c1-8-4-9-12(7-18-14(9)17)13(16)11-6-15(2,3)5-10(8)11/h11,13,16H,4-7H2,1-3H3/t11-,13+/m1/s1. The lowest BCUT2D eigenvalue weighted by Gasteiger charge is -2.21. The highest BCUT2D eigenvalue weighted by molar-refractivity contribution is 5.92.